The lowest BCUT2D eigenvalue weighted by atomic mass is 10.1. The SMILES string of the molecule is CNC(C)Cc1noc(-c2cc(-c3ccc(C)cc3)nc3c2cnn3C(C)C)n1.Cl. The topological polar surface area (TPSA) is 81.7 Å². The maximum Gasteiger partial charge on any atom is 0.258 e. The van der Waals surface area contributed by atoms with Crippen LogP contribution in [0.1, 0.15) is 38.2 Å². The van der Waals surface area contributed by atoms with Crippen molar-refractivity contribution in [1.29, 1.82) is 0 Å². The number of aromatic nitrogens is 5. The van der Waals surface area contributed by atoms with Crippen LogP contribution < -0.4 is 5.32 Å². The minimum Gasteiger partial charge on any atom is -0.334 e. The first-order chi connectivity index (χ1) is 14.0. The van der Waals surface area contributed by atoms with Gasteiger partial charge < -0.3 is 9.84 Å². The number of rotatable bonds is 6. The first-order valence-corrected chi connectivity index (χ1v) is 9.91. The zero-order valence-corrected chi connectivity index (χ0v) is 18.7. The second-order valence-electron chi connectivity index (χ2n) is 7.75. The van der Waals surface area contributed by atoms with Crippen molar-refractivity contribution in [1.82, 2.24) is 30.2 Å². The van der Waals surface area contributed by atoms with Crippen LogP contribution in [0.4, 0.5) is 0 Å². The summed E-state index contributed by atoms with van der Waals surface area (Å²) in [6.07, 6.45) is 2.53. The molecule has 7 nitrogen and oxygen atoms in total. The van der Waals surface area contributed by atoms with Crippen molar-refractivity contribution in [2.24, 2.45) is 0 Å². The summed E-state index contributed by atoms with van der Waals surface area (Å²) in [5.41, 5.74) is 4.78. The Morgan fingerprint density at radius 3 is 2.50 bits per heavy atom. The Balaban J connectivity index is 0.00000256. The Bertz CT molecular complexity index is 1130. The second-order valence-corrected chi connectivity index (χ2v) is 7.75. The molecular formula is C22H27ClN6O. The molecule has 0 saturated heterocycles. The van der Waals surface area contributed by atoms with E-state index in [-0.39, 0.29) is 24.5 Å². The number of likely N-dealkylation sites (N-methyl/N-ethyl adjacent to an activating group) is 1. The van der Waals surface area contributed by atoms with Crippen LogP contribution in [0.25, 0.3) is 33.7 Å². The Labute approximate surface area is 182 Å². The van der Waals surface area contributed by atoms with Crippen LogP contribution in [-0.2, 0) is 6.42 Å². The quantitative estimate of drug-likeness (QED) is 0.484. The zero-order valence-electron chi connectivity index (χ0n) is 17.9. The highest BCUT2D eigenvalue weighted by Crippen LogP contribution is 2.32. The van der Waals surface area contributed by atoms with Crippen LogP contribution in [0, 0.1) is 6.92 Å². The van der Waals surface area contributed by atoms with Crippen LogP contribution in [0.15, 0.2) is 41.1 Å². The molecule has 158 valence electrons. The van der Waals surface area contributed by atoms with Gasteiger partial charge in [-0.3, -0.25) is 0 Å². The number of halogens is 1. The lowest BCUT2D eigenvalue weighted by Crippen LogP contribution is -2.24. The fourth-order valence-corrected chi connectivity index (χ4v) is 3.27. The van der Waals surface area contributed by atoms with E-state index in [1.165, 1.54) is 5.56 Å². The van der Waals surface area contributed by atoms with Gasteiger partial charge in [0, 0.05) is 24.1 Å². The van der Waals surface area contributed by atoms with Crippen LogP contribution in [0.2, 0.25) is 0 Å². The van der Waals surface area contributed by atoms with E-state index in [9.17, 15) is 0 Å². The van der Waals surface area contributed by atoms with Gasteiger partial charge in [-0.2, -0.15) is 10.1 Å². The van der Waals surface area contributed by atoms with E-state index in [0.717, 1.165) is 27.9 Å². The van der Waals surface area contributed by atoms with Crippen LogP contribution in [0.5, 0.6) is 0 Å². The van der Waals surface area contributed by atoms with E-state index < -0.39 is 0 Å². The summed E-state index contributed by atoms with van der Waals surface area (Å²) in [5, 5.41) is 12.8. The molecule has 30 heavy (non-hydrogen) atoms. The third-order valence-electron chi connectivity index (χ3n) is 5.08. The van der Waals surface area contributed by atoms with Crippen molar-refractivity contribution in [3.8, 4) is 22.7 Å². The molecule has 0 radical (unpaired) electrons. The molecule has 0 saturated carbocycles. The molecule has 0 aliphatic rings. The van der Waals surface area contributed by atoms with Gasteiger partial charge in [0.05, 0.1) is 22.8 Å². The standard InChI is InChI=1S/C22H26N6O.ClH/c1-13(2)28-21-18(12-24-28)17(22-26-20(27-29-22)10-15(4)23-5)11-19(25-21)16-8-6-14(3)7-9-16;/h6-9,11-13,15,23H,10H2,1-5H3;1H. The predicted molar refractivity (Wildman–Crippen MR) is 121 cm³/mol. The normalized spacial score (nSPS) is 12.3. The third kappa shape index (κ3) is 4.22. The van der Waals surface area contributed by atoms with Gasteiger partial charge in [0.2, 0.25) is 0 Å². The van der Waals surface area contributed by atoms with Crippen molar-refractivity contribution >= 4 is 23.4 Å². The Kier molecular flexibility index (Phi) is 6.53. The van der Waals surface area contributed by atoms with Gasteiger partial charge in [-0.15, -0.1) is 12.4 Å². The fourth-order valence-electron chi connectivity index (χ4n) is 3.27. The number of pyridine rings is 1. The van der Waals surface area contributed by atoms with E-state index in [2.05, 4.69) is 72.5 Å². The number of nitrogens with zero attached hydrogens (tertiary/aromatic N) is 5. The minimum atomic E-state index is 0. The number of nitrogens with one attached hydrogen (secondary N) is 1. The maximum absolute atomic E-state index is 5.63. The number of hydrogen-bond donors (Lipinski definition) is 1. The van der Waals surface area contributed by atoms with Crippen LogP contribution in [0.3, 0.4) is 0 Å². The summed E-state index contributed by atoms with van der Waals surface area (Å²) >= 11 is 0. The maximum atomic E-state index is 5.63. The second kappa shape index (κ2) is 8.93. The van der Waals surface area contributed by atoms with Crippen molar-refractivity contribution in [2.45, 2.75) is 46.2 Å². The molecular weight excluding hydrogens is 400 g/mol. The Hall–Kier alpha value is -2.77. The summed E-state index contributed by atoms with van der Waals surface area (Å²) < 4.78 is 7.56. The molecule has 0 bridgehead atoms. The third-order valence-corrected chi connectivity index (χ3v) is 5.08. The highest BCUT2D eigenvalue weighted by molar-refractivity contribution is 5.92. The van der Waals surface area contributed by atoms with Crippen molar-refractivity contribution < 1.29 is 4.52 Å². The molecule has 0 spiro atoms. The van der Waals surface area contributed by atoms with E-state index in [1.54, 1.807) is 0 Å². The van der Waals surface area contributed by atoms with Crippen LogP contribution in [-0.4, -0.2) is 38.0 Å². The highest BCUT2D eigenvalue weighted by atomic mass is 35.5. The number of benzene rings is 1. The van der Waals surface area contributed by atoms with Gasteiger partial charge >= 0.3 is 0 Å². The number of aryl methyl sites for hydroxylation is 1. The molecule has 0 aliphatic carbocycles. The molecule has 0 amide bonds. The molecule has 4 rings (SSSR count). The number of fused-ring (bicyclic) bond motifs is 1. The van der Waals surface area contributed by atoms with E-state index in [1.807, 2.05) is 24.0 Å². The van der Waals surface area contributed by atoms with E-state index in [0.29, 0.717) is 18.1 Å². The van der Waals surface area contributed by atoms with Crippen molar-refractivity contribution in [2.75, 3.05) is 7.05 Å². The lowest BCUT2D eigenvalue weighted by Gasteiger charge is -2.09. The summed E-state index contributed by atoms with van der Waals surface area (Å²) in [6, 6.07) is 10.8. The van der Waals surface area contributed by atoms with Gasteiger partial charge in [0.25, 0.3) is 5.89 Å². The highest BCUT2D eigenvalue weighted by Gasteiger charge is 2.19. The lowest BCUT2D eigenvalue weighted by molar-refractivity contribution is 0.418. The summed E-state index contributed by atoms with van der Waals surface area (Å²) in [6.45, 7) is 8.35. The van der Waals surface area contributed by atoms with Gasteiger partial charge in [0.1, 0.15) is 0 Å². The monoisotopic (exact) mass is 426 g/mol. The molecule has 8 heteroatoms. The fraction of sp³-hybridized carbons (Fsp3) is 0.364. The van der Waals surface area contributed by atoms with E-state index >= 15 is 0 Å². The smallest absolute Gasteiger partial charge is 0.258 e. The zero-order chi connectivity index (χ0) is 20.5. The molecule has 1 unspecified atom stereocenters. The predicted octanol–water partition coefficient (Wildman–Crippen LogP) is 4.61. The molecule has 1 N–H and O–H groups in total. The summed E-state index contributed by atoms with van der Waals surface area (Å²) in [7, 11) is 1.92. The molecule has 1 aromatic carbocycles. The largest absolute Gasteiger partial charge is 0.334 e. The Morgan fingerprint density at radius 1 is 1.10 bits per heavy atom. The summed E-state index contributed by atoms with van der Waals surface area (Å²) in [5.74, 6) is 1.17. The minimum absolute atomic E-state index is 0. The molecule has 0 aliphatic heterocycles. The molecule has 1 atom stereocenters. The Morgan fingerprint density at radius 2 is 1.83 bits per heavy atom. The molecule has 3 heterocycles. The van der Waals surface area contributed by atoms with E-state index in [4.69, 9.17) is 9.51 Å². The average molecular weight is 427 g/mol. The van der Waals surface area contributed by atoms with Crippen molar-refractivity contribution in [3.63, 3.8) is 0 Å². The van der Waals surface area contributed by atoms with Gasteiger partial charge in [-0.1, -0.05) is 35.0 Å². The molecule has 3 aromatic heterocycles. The van der Waals surface area contributed by atoms with Crippen molar-refractivity contribution in [3.05, 3.63) is 47.9 Å². The first kappa shape index (κ1) is 21.9. The molecule has 4 aromatic rings. The first-order valence-electron chi connectivity index (χ1n) is 9.91. The van der Waals surface area contributed by atoms with Gasteiger partial charge in [-0.25, -0.2) is 9.67 Å². The van der Waals surface area contributed by atoms with Gasteiger partial charge in [-0.05, 0) is 40.8 Å². The average Bonchev–Trinajstić information content (AvgIpc) is 3.34. The molecule has 0 fully saturated rings. The van der Waals surface area contributed by atoms with Crippen LogP contribution >= 0.6 is 12.4 Å². The number of hydrogen-bond acceptors (Lipinski definition) is 6. The van der Waals surface area contributed by atoms with Gasteiger partial charge in [0.15, 0.2) is 11.5 Å². The summed E-state index contributed by atoms with van der Waals surface area (Å²) in [4.78, 5) is 9.55.